The van der Waals surface area contributed by atoms with Crippen molar-refractivity contribution in [2.24, 2.45) is 5.92 Å². The second kappa shape index (κ2) is 5.79. The summed E-state index contributed by atoms with van der Waals surface area (Å²) < 4.78 is 0. The van der Waals surface area contributed by atoms with Crippen molar-refractivity contribution < 1.29 is 9.90 Å². The van der Waals surface area contributed by atoms with E-state index in [1.54, 1.807) is 0 Å². The van der Waals surface area contributed by atoms with Crippen LogP contribution in [0.4, 0.5) is 4.79 Å². The first-order valence-electron chi connectivity index (χ1n) is 5.91. The average Bonchev–Trinajstić information content (AvgIpc) is 2.38. The Labute approximate surface area is 111 Å². The van der Waals surface area contributed by atoms with E-state index >= 15 is 0 Å². The highest BCUT2D eigenvalue weighted by atomic mass is 35.5. The third-order valence-electron chi connectivity index (χ3n) is 3.05. The molecule has 1 aliphatic rings. The number of amides is 1. The lowest BCUT2D eigenvalue weighted by atomic mass is 9.97. The summed E-state index contributed by atoms with van der Waals surface area (Å²) in [5.74, 6) is 6.52. The van der Waals surface area contributed by atoms with E-state index in [2.05, 4.69) is 11.8 Å². The van der Waals surface area contributed by atoms with E-state index in [1.807, 2.05) is 24.3 Å². The van der Waals surface area contributed by atoms with Gasteiger partial charge in [0, 0.05) is 24.6 Å². The number of halogens is 1. The Morgan fingerprint density at radius 2 is 2.00 bits per heavy atom. The number of rotatable bonds is 0. The van der Waals surface area contributed by atoms with E-state index in [9.17, 15) is 4.79 Å². The molecule has 0 aliphatic carbocycles. The third-order valence-corrected chi connectivity index (χ3v) is 3.38. The summed E-state index contributed by atoms with van der Waals surface area (Å²) in [5.41, 5.74) is 0.833. The third kappa shape index (κ3) is 3.18. The van der Waals surface area contributed by atoms with Gasteiger partial charge in [0.15, 0.2) is 0 Å². The molecule has 4 heteroatoms. The number of hydrogen-bond donors (Lipinski definition) is 1. The zero-order chi connectivity index (χ0) is 13.0. The molecule has 1 saturated heterocycles. The molecule has 0 bridgehead atoms. The number of carboxylic acid groups (broad SMARTS) is 1. The first-order chi connectivity index (χ1) is 8.66. The standard InChI is InChI=1S/C14H14ClNO2/c15-13-4-2-1-3-12(13)6-5-11-7-9-16(10-8-11)14(17)18/h1-4,11H,7-10H2,(H,17,18). The molecule has 2 rings (SSSR count). The monoisotopic (exact) mass is 263 g/mol. The van der Waals surface area contributed by atoms with E-state index in [4.69, 9.17) is 16.7 Å². The van der Waals surface area contributed by atoms with Gasteiger partial charge in [-0.3, -0.25) is 0 Å². The topological polar surface area (TPSA) is 40.5 Å². The molecule has 0 radical (unpaired) electrons. The van der Waals surface area contributed by atoms with Gasteiger partial charge in [0.05, 0.1) is 5.02 Å². The van der Waals surface area contributed by atoms with Gasteiger partial charge in [-0.15, -0.1) is 0 Å². The molecule has 0 aromatic heterocycles. The maximum absolute atomic E-state index is 10.8. The number of hydrogen-bond acceptors (Lipinski definition) is 1. The summed E-state index contributed by atoms with van der Waals surface area (Å²) in [6.45, 7) is 1.13. The highest BCUT2D eigenvalue weighted by molar-refractivity contribution is 6.31. The van der Waals surface area contributed by atoms with Gasteiger partial charge in [-0.25, -0.2) is 4.79 Å². The van der Waals surface area contributed by atoms with E-state index in [0.717, 1.165) is 18.4 Å². The van der Waals surface area contributed by atoms with Crippen molar-refractivity contribution in [2.45, 2.75) is 12.8 Å². The highest BCUT2D eigenvalue weighted by Crippen LogP contribution is 2.18. The van der Waals surface area contributed by atoms with Gasteiger partial charge in [0.2, 0.25) is 0 Å². The van der Waals surface area contributed by atoms with Crippen molar-refractivity contribution in [3.63, 3.8) is 0 Å². The lowest BCUT2D eigenvalue weighted by molar-refractivity contribution is 0.130. The summed E-state index contributed by atoms with van der Waals surface area (Å²) in [4.78, 5) is 12.2. The van der Waals surface area contributed by atoms with Crippen LogP contribution in [0.5, 0.6) is 0 Å². The molecular weight excluding hydrogens is 250 g/mol. The highest BCUT2D eigenvalue weighted by Gasteiger charge is 2.20. The van der Waals surface area contributed by atoms with Crippen LogP contribution in [0.15, 0.2) is 24.3 Å². The first kappa shape index (κ1) is 12.8. The largest absolute Gasteiger partial charge is 0.465 e. The minimum absolute atomic E-state index is 0.261. The van der Waals surface area contributed by atoms with Crippen LogP contribution in [0, 0.1) is 17.8 Å². The van der Waals surface area contributed by atoms with E-state index < -0.39 is 6.09 Å². The molecule has 0 saturated carbocycles. The average molecular weight is 264 g/mol. The lowest BCUT2D eigenvalue weighted by Gasteiger charge is -2.27. The molecule has 1 amide bonds. The fourth-order valence-electron chi connectivity index (χ4n) is 1.96. The Kier molecular flexibility index (Phi) is 4.11. The number of carbonyl (C=O) groups is 1. The predicted octanol–water partition coefficient (Wildman–Crippen LogP) is 3.08. The van der Waals surface area contributed by atoms with Gasteiger partial charge in [-0.2, -0.15) is 0 Å². The summed E-state index contributed by atoms with van der Waals surface area (Å²) >= 11 is 6.02. The number of benzene rings is 1. The fraction of sp³-hybridized carbons (Fsp3) is 0.357. The smallest absolute Gasteiger partial charge is 0.407 e. The molecule has 0 spiro atoms. The van der Waals surface area contributed by atoms with Crippen molar-refractivity contribution in [1.29, 1.82) is 0 Å². The molecule has 1 aromatic rings. The van der Waals surface area contributed by atoms with E-state index in [-0.39, 0.29) is 5.92 Å². The van der Waals surface area contributed by atoms with Crippen LogP contribution >= 0.6 is 11.6 Å². The van der Waals surface area contributed by atoms with Crippen molar-refractivity contribution in [3.8, 4) is 11.8 Å². The number of likely N-dealkylation sites (tertiary alicyclic amines) is 1. The Hall–Kier alpha value is -1.66. The van der Waals surface area contributed by atoms with Gasteiger partial charge < -0.3 is 10.0 Å². The predicted molar refractivity (Wildman–Crippen MR) is 70.7 cm³/mol. The van der Waals surface area contributed by atoms with Gasteiger partial charge in [-0.05, 0) is 25.0 Å². The van der Waals surface area contributed by atoms with Crippen molar-refractivity contribution in [2.75, 3.05) is 13.1 Å². The van der Waals surface area contributed by atoms with Crippen LogP contribution in [0.2, 0.25) is 5.02 Å². The molecule has 3 nitrogen and oxygen atoms in total. The zero-order valence-electron chi connectivity index (χ0n) is 9.90. The van der Waals surface area contributed by atoms with Crippen LogP contribution in [0.25, 0.3) is 0 Å². The molecule has 94 valence electrons. The van der Waals surface area contributed by atoms with E-state index in [1.165, 1.54) is 4.90 Å². The van der Waals surface area contributed by atoms with Crippen LogP contribution < -0.4 is 0 Å². The molecule has 18 heavy (non-hydrogen) atoms. The minimum Gasteiger partial charge on any atom is -0.465 e. The van der Waals surface area contributed by atoms with Crippen molar-refractivity contribution >= 4 is 17.7 Å². The second-order valence-corrected chi connectivity index (χ2v) is 4.70. The quantitative estimate of drug-likeness (QED) is 0.731. The lowest BCUT2D eigenvalue weighted by Crippen LogP contribution is -2.37. The summed E-state index contributed by atoms with van der Waals surface area (Å²) in [6, 6.07) is 7.49. The van der Waals surface area contributed by atoms with Crippen molar-refractivity contribution in [1.82, 2.24) is 4.90 Å². The van der Waals surface area contributed by atoms with Gasteiger partial charge >= 0.3 is 6.09 Å². The molecule has 0 atom stereocenters. The molecular formula is C14H14ClNO2. The first-order valence-corrected chi connectivity index (χ1v) is 6.28. The summed E-state index contributed by atoms with van der Waals surface area (Å²) in [6.07, 6.45) is 0.751. The zero-order valence-corrected chi connectivity index (χ0v) is 10.7. The molecule has 1 aromatic carbocycles. The van der Waals surface area contributed by atoms with E-state index in [0.29, 0.717) is 18.1 Å². The SMILES string of the molecule is O=C(O)N1CCC(C#Cc2ccccc2Cl)CC1. The Morgan fingerprint density at radius 1 is 1.33 bits per heavy atom. The van der Waals surface area contributed by atoms with Gasteiger partial charge in [0.1, 0.15) is 0 Å². The van der Waals surface area contributed by atoms with Crippen LogP contribution in [0.1, 0.15) is 18.4 Å². The maximum Gasteiger partial charge on any atom is 0.407 e. The Morgan fingerprint density at radius 3 is 2.61 bits per heavy atom. The minimum atomic E-state index is -0.840. The number of piperidine rings is 1. The molecule has 1 heterocycles. The van der Waals surface area contributed by atoms with Crippen LogP contribution in [-0.4, -0.2) is 29.2 Å². The Bertz CT molecular complexity index is 496. The van der Waals surface area contributed by atoms with Crippen LogP contribution in [-0.2, 0) is 0 Å². The van der Waals surface area contributed by atoms with Crippen LogP contribution in [0.3, 0.4) is 0 Å². The molecule has 1 N–H and O–H groups in total. The van der Waals surface area contributed by atoms with Gasteiger partial charge in [-0.1, -0.05) is 35.6 Å². The maximum atomic E-state index is 10.8. The Balaban J connectivity index is 1.97. The summed E-state index contributed by atoms with van der Waals surface area (Å²) in [5, 5.41) is 9.50. The second-order valence-electron chi connectivity index (χ2n) is 4.29. The fourth-order valence-corrected chi connectivity index (χ4v) is 2.14. The normalized spacial score (nSPS) is 15.9. The molecule has 1 fully saturated rings. The molecule has 1 aliphatic heterocycles. The molecule has 0 unspecified atom stereocenters. The summed E-state index contributed by atoms with van der Waals surface area (Å²) in [7, 11) is 0. The van der Waals surface area contributed by atoms with Crippen molar-refractivity contribution in [3.05, 3.63) is 34.9 Å². The van der Waals surface area contributed by atoms with Gasteiger partial charge in [0.25, 0.3) is 0 Å². The number of nitrogens with zero attached hydrogens (tertiary/aromatic N) is 1.